The number of fused-ring (bicyclic) bond motifs is 1. The Balaban J connectivity index is 1.62. The third-order valence-electron chi connectivity index (χ3n) is 4.67. The van der Waals surface area contributed by atoms with Crippen LogP contribution >= 0.6 is 0 Å². The monoisotopic (exact) mass is 321 g/mol. The number of pyridine rings is 1. The Hall–Kier alpha value is -2.60. The van der Waals surface area contributed by atoms with E-state index in [2.05, 4.69) is 31.9 Å². The second-order valence-corrected chi connectivity index (χ2v) is 6.37. The van der Waals surface area contributed by atoms with Gasteiger partial charge in [-0.15, -0.1) is 0 Å². The summed E-state index contributed by atoms with van der Waals surface area (Å²) in [6.07, 6.45) is 8.64. The van der Waals surface area contributed by atoms with E-state index in [1.54, 1.807) is 18.6 Å². The normalized spacial score (nSPS) is 16.5. The quantitative estimate of drug-likeness (QED) is 0.750. The van der Waals surface area contributed by atoms with Gasteiger partial charge < -0.3 is 9.88 Å². The van der Waals surface area contributed by atoms with Crippen molar-refractivity contribution >= 4 is 16.8 Å². The second kappa shape index (κ2) is 6.13. The van der Waals surface area contributed by atoms with Gasteiger partial charge in [-0.05, 0) is 45.1 Å². The van der Waals surface area contributed by atoms with E-state index in [0.29, 0.717) is 11.4 Å². The summed E-state index contributed by atoms with van der Waals surface area (Å²) in [5, 5.41) is 1.02. The molecule has 0 bridgehead atoms. The zero-order chi connectivity index (χ0) is 16.5. The molecule has 0 saturated carbocycles. The fourth-order valence-corrected chi connectivity index (χ4v) is 3.18. The number of ketones is 1. The molecule has 3 aromatic rings. The molecule has 1 aliphatic heterocycles. The van der Waals surface area contributed by atoms with Crippen LogP contribution in [0.2, 0.25) is 0 Å². The number of H-pyrrole nitrogens is 1. The van der Waals surface area contributed by atoms with Gasteiger partial charge in [-0.3, -0.25) is 9.78 Å². The molecule has 1 fully saturated rings. The zero-order valence-corrected chi connectivity index (χ0v) is 13.6. The molecule has 0 unspecified atom stereocenters. The average Bonchev–Trinajstić information content (AvgIpc) is 3.09. The highest BCUT2D eigenvalue weighted by Crippen LogP contribution is 2.23. The first-order chi connectivity index (χ1) is 11.7. The molecule has 3 aromatic heterocycles. The number of nitrogens with one attached hydrogen (secondary N) is 1. The van der Waals surface area contributed by atoms with Crippen molar-refractivity contribution < 1.29 is 4.79 Å². The van der Waals surface area contributed by atoms with E-state index in [9.17, 15) is 4.79 Å². The minimum absolute atomic E-state index is 0.0519. The largest absolute Gasteiger partial charge is 0.346 e. The molecule has 0 aromatic carbocycles. The van der Waals surface area contributed by atoms with E-state index in [4.69, 9.17) is 0 Å². The van der Waals surface area contributed by atoms with E-state index in [0.717, 1.165) is 42.5 Å². The highest BCUT2D eigenvalue weighted by atomic mass is 16.1. The van der Waals surface area contributed by atoms with E-state index in [1.165, 1.54) is 0 Å². The van der Waals surface area contributed by atoms with Crippen LogP contribution in [-0.4, -0.2) is 50.8 Å². The molecule has 0 aliphatic carbocycles. The van der Waals surface area contributed by atoms with Crippen LogP contribution in [0.25, 0.3) is 22.3 Å². The molecule has 4 rings (SSSR count). The topological polar surface area (TPSA) is 74.8 Å². The van der Waals surface area contributed by atoms with Crippen LogP contribution in [-0.2, 0) is 0 Å². The fraction of sp³-hybridized carbons (Fsp3) is 0.333. The molecular weight excluding hydrogens is 302 g/mol. The number of nitrogens with zero attached hydrogens (tertiary/aromatic N) is 4. The summed E-state index contributed by atoms with van der Waals surface area (Å²) in [5.41, 5.74) is 2.85. The molecule has 1 aliphatic rings. The lowest BCUT2D eigenvalue weighted by molar-refractivity contribution is 0.0851. The average molecular weight is 321 g/mol. The van der Waals surface area contributed by atoms with Crippen molar-refractivity contribution in [3.8, 4) is 11.3 Å². The van der Waals surface area contributed by atoms with E-state index in [1.807, 2.05) is 18.3 Å². The summed E-state index contributed by atoms with van der Waals surface area (Å²) >= 11 is 0. The molecule has 24 heavy (non-hydrogen) atoms. The molecule has 6 nitrogen and oxygen atoms in total. The van der Waals surface area contributed by atoms with Gasteiger partial charge in [-0.25, -0.2) is 9.97 Å². The van der Waals surface area contributed by atoms with Gasteiger partial charge in [0.15, 0.2) is 5.78 Å². The third-order valence-corrected chi connectivity index (χ3v) is 4.67. The number of rotatable bonds is 3. The maximum absolute atomic E-state index is 12.7. The van der Waals surface area contributed by atoms with Gasteiger partial charge in [0, 0.05) is 29.3 Å². The van der Waals surface area contributed by atoms with Crippen LogP contribution in [0.1, 0.15) is 23.3 Å². The molecule has 6 heteroatoms. The lowest BCUT2D eigenvalue weighted by atomic mass is 9.91. The van der Waals surface area contributed by atoms with Crippen LogP contribution in [0.5, 0.6) is 0 Å². The van der Waals surface area contributed by atoms with Gasteiger partial charge in [0.05, 0.1) is 18.1 Å². The fourth-order valence-electron chi connectivity index (χ4n) is 3.18. The lowest BCUT2D eigenvalue weighted by Gasteiger charge is -2.27. The number of piperidine rings is 1. The lowest BCUT2D eigenvalue weighted by Crippen LogP contribution is -2.33. The van der Waals surface area contributed by atoms with Gasteiger partial charge in [0.1, 0.15) is 11.3 Å². The van der Waals surface area contributed by atoms with Gasteiger partial charge in [-0.1, -0.05) is 0 Å². The van der Waals surface area contributed by atoms with E-state index < -0.39 is 0 Å². The molecule has 1 saturated heterocycles. The van der Waals surface area contributed by atoms with Crippen molar-refractivity contribution in [1.82, 2.24) is 24.8 Å². The van der Waals surface area contributed by atoms with Gasteiger partial charge >= 0.3 is 0 Å². The van der Waals surface area contributed by atoms with Crippen LogP contribution < -0.4 is 0 Å². The second-order valence-electron chi connectivity index (χ2n) is 6.37. The molecule has 0 spiro atoms. The summed E-state index contributed by atoms with van der Waals surface area (Å²) in [7, 11) is 2.09. The van der Waals surface area contributed by atoms with Gasteiger partial charge in [0.25, 0.3) is 0 Å². The van der Waals surface area contributed by atoms with Crippen molar-refractivity contribution in [2.45, 2.75) is 12.8 Å². The van der Waals surface area contributed by atoms with Crippen molar-refractivity contribution in [3.63, 3.8) is 0 Å². The summed E-state index contributed by atoms with van der Waals surface area (Å²) in [5.74, 6) is 0.157. The predicted molar refractivity (Wildman–Crippen MR) is 91.7 cm³/mol. The van der Waals surface area contributed by atoms with E-state index >= 15 is 0 Å². The molecule has 0 radical (unpaired) electrons. The Morgan fingerprint density at radius 2 is 2.08 bits per heavy atom. The molecule has 0 amide bonds. The number of hydrogen-bond donors (Lipinski definition) is 1. The Kier molecular flexibility index (Phi) is 3.82. The van der Waals surface area contributed by atoms with Crippen LogP contribution in [0.4, 0.5) is 0 Å². The van der Waals surface area contributed by atoms with Crippen molar-refractivity contribution in [2.75, 3.05) is 20.1 Å². The Morgan fingerprint density at radius 1 is 1.25 bits per heavy atom. The summed E-state index contributed by atoms with van der Waals surface area (Å²) in [4.78, 5) is 31.2. The highest BCUT2D eigenvalue weighted by Gasteiger charge is 2.25. The smallest absolute Gasteiger partial charge is 0.185 e. The molecule has 4 heterocycles. The van der Waals surface area contributed by atoms with Crippen LogP contribution in [0.15, 0.2) is 36.9 Å². The third kappa shape index (κ3) is 2.80. The summed E-state index contributed by atoms with van der Waals surface area (Å²) in [6, 6.07) is 3.97. The maximum atomic E-state index is 12.7. The number of carbonyl (C=O) groups is 1. The molecule has 1 N–H and O–H groups in total. The standard InChI is InChI=1S/C18H19N5O/c1-23-6-3-12(4-7-23)17(24)16-11-19-10-15(22-16)14-8-13-2-5-20-18(13)21-9-14/h2,5,8-12H,3-4,6-7H2,1H3,(H,20,21). The first-order valence-corrected chi connectivity index (χ1v) is 8.19. The Bertz CT molecular complexity index is 880. The number of aromatic amines is 1. The Morgan fingerprint density at radius 3 is 2.92 bits per heavy atom. The van der Waals surface area contributed by atoms with E-state index in [-0.39, 0.29) is 11.7 Å². The SMILES string of the molecule is CN1CCC(C(=O)c2cncc(-c3cnc4[nH]ccc4c3)n2)CC1. The first kappa shape index (κ1) is 15.0. The number of Topliss-reactive ketones (excluding diaryl/α,β-unsaturated/α-hetero) is 1. The Labute approximate surface area is 140 Å². The van der Waals surface area contributed by atoms with Gasteiger partial charge in [0.2, 0.25) is 0 Å². The van der Waals surface area contributed by atoms with Crippen molar-refractivity contribution in [2.24, 2.45) is 5.92 Å². The maximum Gasteiger partial charge on any atom is 0.185 e. The minimum atomic E-state index is 0.0519. The molecule has 122 valence electrons. The summed E-state index contributed by atoms with van der Waals surface area (Å²) in [6.45, 7) is 1.91. The molecule has 0 atom stereocenters. The molecular formula is C18H19N5O. The summed E-state index contributed by atoms with van der Waals surface area (Å²) < 4.78 is 0. The van der Waals surface area contributed by atoms with Gasteiger partial charge in [-0.2, -0.15) is 0 Å². The zero-order valence-electron chi connectivity index (χ0n) is 13.6. The number of carbonyl (C=O) groups excluding carboxylic acids is 1. The first-order valence-electron chi connectivity index (χ1n) is 8.19. The van der Waals surface area contributed by atoms with Crippen molar-refractivity contribution in [3.05, 3.63) is 42.6 Å². The van der Waals surface area contributed by atoms with Crippen molar-refractivity contribution in [1.29, 1.82) is 0 Å². The number of likely N-dealkylation sites (tertiary alicyclic amines) is 1. The predicted octanol–water partition coefficient (Wildman–Crippen LogP) is 2.54. The van der Waals surface area contributed by atoms with Crippen LogP contribution in [0.3, 0.4) is 0 Å². The number of aromatic nitrogens is 4. The number of hydrogen-bond acceptors (Lipinski definition) is 5. The highest BCUT2D eigenvalue weighted by molar-refractivity contribution is 5.96. The van der Waals surface area contributed by atoms with Crippen LogP contribution in [0, 0.1) is 5.92 Å². The minimum Gasteiger partial charge on any atom is -0.346 e.